The number of rotatable bonds is 11. The molecule has 0 aromatic heterocycles. The summed E-state index contributed by atoms with van der Waals surface area (Å²) in [4.78, 5) is 0. The van der Waals surface area contributed by atoms with Crippen LogP contribution in [0.3, 0.4) is 0 Å². The summed E-state index contributed by atoms with van der Waals surface area (Å²) >= 11 is 0. The molecule has 2 nitrogen and oxygen atoms in total. The Labute approximate surface area is 249 Å². The third-order valence-electron chi connectivity index (χ3n) is 7.97. The molecule has 6 rings (SSSR count). The fourth-order valence-corrected chi connectivity index (χ4v) is 6.08. The van der Waals surface area contributed by atoms with Gasteiger partial charge in [0.15, 0.2) is 0 Å². The van der Waals surface area contributed by atoms with E-state index in [9.17, 15) is 0 Å². The molecule has 42 heavy (non-hydrogen) atoms. The van der Waals surface area contributed by atoms with Gasteiger partial charge in [0, 0.05) is 6.54 Å². The van der Waals surface area contributed by atoms with E-state index in [2.05, 4.69) is 187 Å². The van der Waals surface area contributed by atoms with Crippen molar-refractivity contribution in [2.75, 3.05) is 13.2 Å². The highest BCUT2D eigenvalue weighted by Crippen LogP contribution is 2.41. The topological polar surface area (TPSA) is 21.3 Å². The molecule has 0 spiro atoms. The zero-order valence-electron chi connectivity index (χ0n) is 23.6. The summed E-state index contributed by atoms with van der Waals surface area (Å²) in [6.07, 6.45) is 0. The van der Waals surface area contributed by atoms with Gasteiger partial charge in [-0.25, -0.2) is 0 Å². The Morgan fingerprint density at radius 1 is 0.357 bits per heavy atom. The molecule has 0 heterocycles. The van der Waals surface area contributed by atoms with Crippen LogP contribution in [0.15, 0.2) is 182 Å². The second-order valence-electron chi connectivity index (χ2n) is 10.4. The SMILES string of the molecule is c1ccc(C(NCCOC(c2ccccc2)(c2ccccc2)c2ccccc2)(c2ccccc2)c2ccccc2)cc1. The standard InChI is InChI=1S/C40H35NO/c1-7-19-33(20-8-1)39(34-21-9-2-10-22-34,35-23-11-3-12-24-35)41-31-32-42-40(36-25-13-4-14-26-36,37-27-15-5-16-28-37)38-29-17-6-18-30-38/h1-30,41H,31-32H2. The highest BCUT2D eigenvalue weighted by molar-refractivity contribution is 5.50. The highest BCUT2D eigenvalue weighted by Gasteiger charge is 2.39. The fourth-order valence-electron chi connectivity index (χ4n) is 6.08. The number of nitrogens with one attached hydrogen (secondary N) is 1. The molecule has 0 bridgehead atoms. The van der Waals surface area contributed by atoms with Crippen molar-refractivity contribution in [3.8, 4) is 0 Å². The Morgan fingerprint density at radius 3 is 0.905 bits per heavy atom. The molecule has 0 fully saturated rings. The predicted molar refractivity (Wildman–Crippen MR) is 172 cm³/mol. The average molecular weight is 546 g/mol. The minimum Gasteiger partial charge on any atom is -0.360 e. The van der Waals surface area contributed by atoms with Gasteiger partial charge >= 0.3 is 0 Å². The van der Waals surface area contributed by atoms with Gasteiger partial charge < -0.3 is 4.74 Å². The minimum absolute atomic E-state index is 0.479. The first-order chi connectivity index (χ1) is 20.8. The van der Waals surface area contributed by atoms with Crippen molar-refractivity contribution in [1.29, 1.82) is 0 Å². The van der Waals surface area contributed by atoms with Crippen molar-refractivity contribution in [1.82, 2.24) is 5.32 Å². The maximum absolute atomic E-state index is 7.13. The molecule has 206 valence electrons. The summed E-state index contributed by atoms with van der Waals surface area (Å²) in [6.45, 7) is 1.10. The second-order valence-corrected chi connectivity index (χ2v) is 10.4. The van der Waals surface area contributed by atoms with Gasteiger partial charge in [-0.2, -0.15) is 0 Å². The molecule has 0 unspecified atom stereocenters. The Hall–Kier alpha value is -4.76. The summed E-state index contributed by atoms with van der Waals surface area (Å²) in [7, 11) is 0. The Morgan fingerprint density at radius 2 is 0.619 bits per heavy atom. The lowest BCUT2D eigenvalue weighted by Gasteiger charge is -2.39. The summed E-state index contributed by atoms with van der Waals surface area (Å²) in [5.41, 5.74) is 5.53. The van der Waals surface area contributed by atoms with Gasteiger partial charge in [-0.15, -0.1) is 0 Å². The summed E-state index contributed by atoms with van der Waals surface area (Å²) in [5, 5.41) is 3.98. The molecule has 0 aliphatic carbocycles. The van der Waals surface area contributed by atoms with E-state index >= 15 is 0 Å². The van der Waals surface area contributed by atoms with Crippen LogP contribution in [0.25, 0.3) is 0 Å². The summed E-state index contributed by atoms with van der Waals surface area (Å²) in [5.74, 6) is 0. The molecule has 0 atom stereocenters. The lowest BCUT2D eigenvalue weighted by atomic mass is 9.77. The van der Waals surface area contributed by atoms with E-state index in [4.69, 9.17) is 4.74 Å². The molecule has 0 aliphatic heterocycles. The van der Waals surface area contributed by atoms with Crippen molar-refractivity contribution in [3.63, 3.8) is 0 Å². The van der Waals surface area contributed by atoms with Gasteiger partial charge in [0.05, 0.1) is 12.1 Å². The molecule has 2 heteroatoms. The minimum atomic E-state index is -0.764. The van der Waals surface area contributed by atoms with Crippen LogP contribution in [0.5, 0.6) is 0 Å². The Kier molecular flexibility index (Phi) is 8.37. The molecule has 0 aliphatic rings. The number of hydrogen-bond donors (Lipinski definition) is 1. The highest BCUT2D eigenvalue weighted by atomic mass is 16.5. The number of benzene rings is 6. The van der Waals surface area contributed by atoms with Crippen molar-refractivity contribution < 1.29 is 4.74 Å². The van der Waals surface area contributed by atoms with Crippen LogP contribution in [0, 0.1) is 0 Å². The maximum Gasteiger partial charge on any atom is 0.143 e. The lowest BCUT2D eigenvalue weighted by Crippen LogP contribution is -2.46. The Bertz CT molecular complexity index is 1320. The van der Waals surface area contributed by atoms with Crippen LogP contribution >= 0.6 is 0 Å². The van der Waals surface area contributed by atoms with Gasteiger partial charge in [-0.05, 0) is 33.4 Å². The molecule has 0 radical (unpaired) electrons. The first-order valence-electron chi connectivity index (χ1n) is 14.6. The van der Waals surface area contributed by atoms with Gasteiger partial charge in [-0.3, -0.25) is 5.32 Å². The van der Waals surface area contributed by atoms with Crippen LogP contribution in [0.2, 0.25) is 0 Å². The smallest absolute Gasteiger partial charge is 0.143 e. The predicted octanol–water partition coefficient (Wildman–Crippen LogP) is 8.58. The van der Waals surface area contributed by atoms with Gasteiger partial charge in [0.25, 0.3) is 0 Å². The zero-order chi connectivity index (χ0) is 28.5. The second kappa shape index (κ2) is 12.8. The van der Waals surface area contributed by atoms with E-state index in [1.54, 1.807) is 0 Å². The molecule has 1 N–H and O–H groups in total. The van der Waals surface area contributed by atoms with E-state index < -0.39 is 11.1 Å². The molecule has 6 aromatic carbocycles. The number of hydrogen-bond acceptors (Lipinski definition) is 2. The molecule has 6 aromatic rings. The average Bonchev–Trinajstić information content (AvgIpc) is 3.09. The maximum atomic E-state index is 7.13. The Balaban J connectivity index is 1.41. The fraction of sp³-hybridized carbons (Fsp3) is 0.100. The van der Waals surface area contributed by atoms with Crippen LogP contribution in [-0.4, -0.2) is 13.2 Å². The van der Waals surface area contributed by atoms with E-state index in [1.165, 1.54) is 16.7 Å². The normalized spacial score (nSPS) is 11.7. The van der Waals surface area contributed by atoms with Crippen molar-refractivity contribution in [2.45, 2.75) is 11.1 Å². The zero-order valence-corrected chi connectivity index (χ0v) is 23.6. The van der Waals surface area contributed by atoms with E-state index in [0.29, 0.717) is 13.2 Å². The van der Waals surface area contributed by atoms with Crippen LogP contribution in [0.1, 0.15) is 33.4 Å². The molecule has 0 saturated carbocycles. The van der Waals surface area contributed by atoms with Crippen molar-refractivity contribution in [2.24, 2.45) is 0 Å². The molecule has 0 amide bonds. The molecule has 0 saturated heterocycles. The largest absolute Gasteiger partial charge is 0.360 e. The van der Waals surface area contributed by atoms with Crippen molar-refractivity contribution >= 4 is 0 Å². The van der Waals surface area contributed by atoms with E-state index in [0.717, 1.165) is 16.7 Å². The third-order valence-corrected chi connectivity index (χ3v) is 7.97. The monoisotopic (exact) mass is 545 g/mol. The molecular weight excluding hydrogens is 510 g/mol. The lowest BCUT2D eigenvalue weighted by molar-refractivity contribution is 0.0132. The van der Waals surface area contributed by atoms with Gasteiger partial charge in [-0.1, -0.05) is 182 Å². The van der Waals surface area contributed by atoms with Gasteiger partial charge in [0.1, 0.15) is 5.60 Å². The first kappa shape index (κ1) is 27.4. The van der Waals surface area contributed by atoms with Crippen LogP contribution < -0.4 is 5.32 Å². The third kappa shape index (κ3) is 5.31. The molecular formula is C40H35NO. The number of ether oxygens (including phenoxy) is 1. The van der Waals surface area contributed by atoms with E-state index in [1.807, 2.05) is 0 Å². The summed E-state index contributed by atoms with van der Waals surface area (Å²) in [6, 6.07) is 63.8. The van der Waals surface area contributed by atoms with Crippen LogP contribution in [-0.2, 0) is 15.9 Å². The quantitative estimate of drug-likeness (QED) is 0.130. The van der Waals surface area contributed by atoms with Crippen molar-refractivity contribution in [3.05, 3.63) is 215 Å². The van der Waals surface area contributed by atoms with Gasteiger partial charge in [0.2, 0.25) is 0 Å². The first-order valence-corrected chi connectivity index (χ1v) is 14.6. The summed E-state index contributed by atoms with van der Waals surface area (Å²) < 4.78 is 7.13. The van der Waals surface area contributed by atoms with Crippen LogP contribution in [0.4, 0.5) is 0 Å². The van der Waals surface area contributed by atoms with E-state index in [-0.39, 0.29) is 0 Å².